The minimum absolute atomic E-state index is 0.674. The van der Waals surface area contributed by atoms with Crippen molar-refractivity contribution in [1.29, 1.82) is 0 Å². The lowest BCUT2D eigenvalue weighted by Gasteiger charge is -2.19. The Morgan fingerprint density at radius 1 is 1.28 bits per heavy atom. The van der Waals surface area contributed by atoms with Crippen LogP contribution >= 0.6 is 0 Å². The fourth-order valence-electron chi connectivity index (χ4n) is 2.65. The fourth-order valence-corrected chi connectivity index (χ4v) is 2.65. The minimum Gasteiger partial charge on any atom is -0.494 e. The fraction of sp³-hybridized carbons (Fsp3) is 0.600. The number of rotatable bonds is 5. The molecule has 0 spiro atoms. The Kier molecular flexibility index (Phi) is 3.41. The summed E-state index contributed by atoms with van der Waals surface area (Å²) in [5.41, 5.74) is 1.29. The first-order valence-corrected chi connectivity index (χ1v) is 7.09. The van der Waals surface area contributed by atoms with Gasteiger partial charge in [0.2, 0.25) is 0 Å². The van der Waals surface area contributed by atoms with Crippen LogP contribution in [0.4, 0.5) is 5.69 Å². The van der Waals surface area contributed by atoms with Crippen LogP contribution < -0.4 is 15.0 Å². The topological polar surface area (TPSA) is 24.5 Å². The van der Waals surface area contributed by atoms with Crippen LogP contribution in [-0.4, -0.2) is 31.8 Å². The van der Waals surface area contributed by atoms with Crippen LogP contribution in [0.3, 0.4) is 0 Å². The van der Waals surface area contributed by atoms with Crippen LogP contribution in [-0.2, 0) is 0 Å². The van der Waals surface area contributed by atoms with E-state index in [0.29, 0.717) is 6.04 Å². The third-order valence-electron chi connectivity index (χ3n) is 3.73. The van der Waals surface area contributed by atoms with Gasteiger partial charge >= 0.3 is 0 Å². The second-order valence-corrected chi connectivity index (χ2v) is 5.30. The summed E-state index contributed by atoms with van der Waals surface area (Å²) in [4.78, 5) is 2.46. The molecule has 1 aliphatic carbocycles. The van der Waals surface area contributed by atoms with E-state index in [1.807, 2.05) is 13.0 Å². The van der Waals surface area contributed by atoms with E-state index >= 15 is 0 Å². The molecule has 0 aromatic heterocycles. The number of ether oxygens (including phenoxy) is 1. The van der Waals surface area contributed by atoms with Crippen LogP contribution in [0, 0.1) is 0 Å². The third-order valence-corrected chi connectivity index (χ3v) is 3.73. The van der Waals surface area contributed by atoms with E-state index in [2.05, 4.69) is 28.4 Å². The van der Waals surface area contributed by atoms with E-state index in [1.54, 1.807) is 0 Å². The van der Waals surface area contributed by atoms with Crippen LogP contribution in [0.1, 0.15) is 26.2 Å². The molecule has 1 aliphatic heterocycles. The Morgan fingerprint density at radius 3 is 2.94 bits per heavy atom. The average Bonchev–Trinajstić information content (AvgIpc) is 3.06. The van der Waals surface area contributed by atoms with Crippen molar-refractivity contribution in [3.63, 3.8) is 0 Å². The highest BCUT2D eigenvalue weighted by Crippen LogP contribution is 2.26. The maximum atomic E-state index is 5.57. The maximum Gasteiger partial charge on any atom is 0.121 e. The normalized spacial score (nSPS) is 23.4. The molecule has 1 aromatic rings. The lowest BCUT2D eigenvalue weighted by molar-refractivity contribution is 0.340. The molecule has 1 aromatic carbocycles. The van der Waals surface area contributed by atoms with Crippen LogP contribution in [0.25, 0.3) is 0 Å². The second kappa shape index (κ2) is 5.19. The number of benzene rings is 1. The first-order chi connectivity index (χ1) is 8.85. The quantitative estimate of drug-likeness (QED) is 0.863. The molecule has 98 valence electrons. The number of nitrogens with zero attached hydrogens (tertiary/aromatic N) is 1. The van der Waals surface area contributed by atoms with E-state index in [9.17, 15) is 0 Å². The molecule has 1 unspecified atom stereocenters. The van der Waals surface area contributed by atoms with E-state index in [1.165, 1.54) is 24.9 Å². The maximum absolute atomic E-state index is 5.57. The Balaban J connectivity index is 1.61. The molecule has 1 heterocycles. The standard InChI is InChI=1S/C15H22N2O/c1-2-18-15-5-3-4-14(10-15)17-9-8-13(11-17)16-12-6-7-12/h3-5,10,12-13,16H,2,6-9,11H2,1H3. The number of hydrogen-bond donors (Lipinski definition) is 1. The van der Waals surface area contributed by atoms with Gasteiger partial charge in [-0.1, -0.05) is 6.07 Å². The summed E-state index contributed by atoms with van der Waals surface area (Å²) >= 11 is 0. The van der Waals surface area contributed by atoms with Crippen molar-refractivity contribution >= 4 is 5.69 Å². The summed E-state index contributed by atoms with van der Waals surface area (Å²) in [7, 11) is 0. The molecule has 1 saturated heterocycles. The molecule has 3 nitrogen and oxygen atoms in total. The predicted molar refractivity (Wildman–Crippen MR) is 74.4 cm³/mol. The zero-order valence-corrected chi connectivity index (χ0v) is 11.1. The Labute approximate surface area is 109 Å². The minimum atomic E-state index is 0.674. The van der Waals surface area contributed by atoms with Crippen molar-refractivity contribution in [2.75, 3.05) is 24.6 Å². The monoisotopic (exact) mass is 246 g/mol. The van der Waals surface area contributed by atoms with Gasteiger partial charge in [0.25, 0.3) is 0 Å². The predicted octanol–water partition coefficient (Wildman–Crippen LogP) is 2.42. The SMILES string of the molecule is CCOc1cccc(N2CCC(NC3CC3)C2)c1. The molecule has 2 aliphatic rings. The molecule has 2 fully saturated rings. The summed E-state index contributed by atoms with van der Waals surface area (Å²) in [6, 6.07) is 9.94. The summed E-state index contributed by atoms with van der Waals surface area (Å²) in [6.45, 7) is 5.04. The Hall–Kier alpha value is -1.22. The zero-order valence-electron chi connectivity index (χ0n) is 11.1. The molecule has 3 rings (SSSR count). The largest absolute Gasteiger partial charge is 0.494 e. The first-order valence-electron chi connectivity index (χ1n) is 7.09. The smallest absolute Gasteiger partial charge is 0.121 e. The van der Waals surface area contributed by atoms with Crippen molar-refractivity contribution in [2.24, 2.45) is 0 Å². The highest BCUT2D eigenvalue weighted by atomic mass is 16.5. The molecule has 1 N–H and O–H groups in total. The van der Waals surface area contributed by atoms with Gasteiger partial charge in [-0.2, -0.15) is 0 Å². The van der Waals surface area contributed by atoms with Gasteiger partial charge < -0.3 is 15.0 Å². The number of nitrogens with one attached hydrogen (secondary N) is 1. The van der Waals surface area contributed by atoms with E-state index in [-0.39, 0.29) is 0 Å². The van der Waals surface area contributed by atoms with Crippen molar-refractivity contribution in [2.45, 2.75) is 38.3 Å². The van der Waals surface area contributed by atoms with Crippen LogP contribution in [0.2, 0.25) is 0 Å². The average molecular weight is 246 g/mol. The zero-order chi connectivity index (χ0) is 12.4. The molecule has 1 saturated carbocycles. The van der Waals surface area contributed by atoms with Gasteiger partial charge in [0.1, 0.15) is 5.75 Å². The second-order valence-electron chi connectivity index (χ2n) is 5.30. The summed E-state index contributed by atoms with van der Waals surface area (Å²) in [5, 5.41) is 3.72. The van der Waals surface area contributed by atoms with Crippen molar-refractivity contribution < 1.29 is 4.74 Å². The van der Waals surface area contributed by atoms with Crippen molar-refractivity contribution in [1.82, 2.24) is 5.32 Å². The van der Waals surface area contributed by atoms with Gasteiger partial charge in [-0.15, -0.1) is 0 Å². The van der Waals surface area contributed by atoms with E-state index in [0.717, 1.165) is 31.5 Å². The number of hydrogen-bond acceptors (Lipinski definition) is 3. The number of anilines is 1. The summed E-state index contributed by atoms with van der Waals surface area (Å²) in [5.74, 6) is 0.980. The van der Waals surface area contributed by atoms with E-state index in [4.69, 9.17) is 4.74 Å². The lowest BCUT2D eigenvalue weighted by Crippen LogP contribution is -2.33. The lowest BCUT2D eigenvalue weighted by atomic mass is 10.2. The third kappa shape index (κ3) is 2.78. The van der Waals surface area contributed by atoms with Gasteiger partial charge in [-0.3, -0.25) is 0 Å². The van der Waals surface area contributed by atoms with Crippen molar-refractivity contribution in [3.05, 3.63) is 24.3 Å². The van der Waals surface area contributed by atoms with E-state index < -0.39 is 0 Å². The van der Waals surface area contributed by atoms with Gasteiger partial charge in [-0.25, -0.2) is 0 Å². The van der Waals surface area contributed by atoms with Gasteiger partial charge in [0.05, 0.1) is 6.61 Å². The summed E-state index contributed by atoms with van der Waals surface area (Å²) in [6.07, 6.45) is 4.00. The molecular formula is C15H22N2O. The highest BCUT2D eigenvalue weighted by molar-refractivity contribution is 5.51. The van der Waals surface area contributed by atoms with Gasteiger partial charge in [0.15, 0.2) is 0 Å². The molecule has 0 radical (unpaired) electrons. The Morgan fingerprint density at radius 2 is 2.17 bits per heavy atom. The van der Waals surface area contributed by atoms with Crippen molar-refractivity contribution in [3.8, 4) is 5.75 Å². The summed E-state index contributed by atoms with van der Waals surface area (Å²) < 4.78 is 5.57. The molecule has 1 atom stereocenters. The molecular weight excluding hydrogens is 224 g/mol. The molecule has 3 heteroatoms. The Bertz CT molecular complexity index is 403. The molecule has 18 heavy (non-hydrogen) atoms. The first kappa shape index (κ1) is 11.8. The van der Waals surface area contributed by atoms with Gasteiger partial charge in [0, 0.05) is 36.9 Å². The van der Waals surface area contributed by atoms with Crippen LogP contribution in [0.5, 0.6) is 5.75 Å². The van der Waals surface area contributed by atoms with Crippen LogP contribution in [0.15, 0.2) is 24.3 Å². The van der Waals surface area contributed by atoms with Gasteiger partial charge in [-0.05, 0) is 38.3 Å². The molecule has 0 amide bonds. The molecule has 0 bridgehead atoms. The highest BCUT2D eigenvalue weighted by Gasteiger charge is 2.29.